The van der Waals surface area contributed by atoms with Gasteiger partial charge in [-0.05, 0) is 31.9 Å². The van der Waals surface area contributed by atoms with Crippen LogP contribution in [0.1, 0.15) is 19.8 Å². The molecule has 0 heterocycles. The molecule has 1 aromatic carbocycles. The van der Waals surface area contributed by atoms with Gasteiger partial charge in [0.15, 0.2) is 0 Å². The van der Waals surface area contributed by atoms with Crippen LogP contribution in [0.3, 0.4) is 0 Å². The molecule has 0 bridgehead atoms. The van der Waals surface area contributed by atoms with E-state index in [0.29, 0.717) is 30.1 Å². The van der Waals surface area contributed by atoms with E-state index >= 15 is 0 Å². The third-order valence-electron chi connectivity index (χ3n) is 3.59. The second-order valence-electron chi connectivity index (χ2n) is 5.02. The van der Waals surface area contributed by atoms with Gasteiger partial charge in [-0.2, -0.15) is 0 Å². The third-order valence-corrected chi connectivity index (χ3v) is 3.92. The molecule has 21 heavy (non-hydrogen) atoms. The van der Waals surface area contributed by atoms with Gasteiger partial charge >= 0.3 is 0 Å². The topological polar surface area (TPSA) is 58.2 Å². The van der Waals surface area contributed by atoms with E-state index in [1.165, 1.54) is 0 Å². The summed E-state index contributed by atoms with van der Waals surface area (Å²) in [4.78, 5) is 24.5. The SMILES string of the molecule is CCNC(=O)C1CC=CCC1C(=O)Nc1ccccc1Cl. The molecule has 0 radical (unpaired) electrons. The Morgan fingerprint density at radius 2 is 1.76 bits per heavy atom. The Balaban J connectivity index is 2.11. The monoisotopic (exact) mass is 306 g/mol. The minimum atomic E-state index is -0.363. The van der Waals surface area contributed by atoms with Gasteiger partial charge in [-0.25, -0.2) is 0 Å². The van der Waals surface area contributed by atoms with Crippen molar-refractivity contribution in [2.45, 2.75) is 19.8 Å². The number of para-hydroxylation sites is 1. The molecule has 0 saturated carbocycles. The number of amides is 2. The number of rotatable bonds is 4. The van der Waals surface area contributed by atoms with Crippen molar-refractivity contribution in [3.8, 4) is 0 Å². The maximum Gasteiger partial charge on any atom is 0.228 e. The fourth-order valence-corrected chi connectivity index (χ4v) is 2.67. The predicted molar refractivity (Wildman–Crippen MR) is 84.1 cm³/mol. The van der Waals surface area contributed by atoms with Crippen molar-refractivity contribution in [3.05, 3.63) is 41.4 Å². The van der Waals surface area contributed by atoms with Crippen LogP contribution in [0.4, 0.5) is 5.69 Å². The molecule has 1 aliphatic carbocycles. The molecule has 4 nitrogen and oxygen atoms in total. The zero-order valence-electron chi connectivity index (χ0n) is 11.9. The van der Waals surface area contributed by atoms with Gasteiger partial charge < -0.3 is 10.6 Å². The number of carbonyl (C=O) groups excluding carboxylic acids is 2. The van der Waals surface area contributed by atoms with E-state index in [1.807, 2.05) is 25.1 Å². The Labute approximate surface area is 129 Å². The zero-order chi connectivity index (χ0) is 15.2. The standard InChI is InChI=1S/C16H19ClN2O2/c1-2-18-15(20)11-7-3-4-8-12(11)16(21)19-14-10-6-5-9-13(14)17/h3-6,9-12H,2,7-8H2,1H3,(H,18,20)(H,19,21). The fraction of sp³-hybridized carbons (Fsp3) is 0.375. The molecule has 1 aliphatic rings. The van der Waals surface area contributed by atoms with Gasteiger partial charge in [-0.3, -0.25) is 9.59 Å². The summed E-state index contributed by atoms with van der Waals surface area (Å²) in [6, 6.07) is 7.08. The highest BCUT2D eigenvalue weighted by Gasteiger charge is 2.33. The minimum absolute atomic E-state index is 0.0684. The first kappa shape index (κ1) is 15.6. The highest BCUT2D eigenvalue weighted by Crippen LogP contribution is 2.28. The Kier molecular flexibility index (Phi) is 5.39. The number of nitrogens with one attached hydrogen (secondary N) is 2. The van der Waals surface area contributed by atoms with Crippen molar-refractivity contribution in [1.82, 2.24) is 5.32 Å². The second kappa shape index (κ2) is 7.27. The Hall–Kier alpha value is -1.81. The second-order valence-corrected chi connectivity index (χ2v) is 5.43. The molecule has 2 atom stereocenters. The van der Waals surface area contributed by atoms with Crippen LogP contribution >= 0.6 is 11.6 Å². The summed E-state index contributed by atoms with van der Waals surface area (Å²) >= 11 is 6.05. The van der Waals surface area contributed by atoms with Crippen molar-refractivity contribution in [2.75, 3.05) is 11.9 Å². The average molecular weight is 307 g/mol. The maximum absolute atomic E-state index is 12.5. The molecule has 2 unspecified atom stereocenters. The molecule has 1 aromatic rings. The summed E-state index contributed by atoms with van der Waals surface area (Å²) in [5, 5.41) is 6.11. The molecule has 2 N–H and O–H groups in total. The average Bonchev–Trinajstić information content (AvgIpc) is 2.50. The highest BCUT2D eigenvalue weighted by molar-refractivity contribution is 6.33. The Morgan fingerprint density at radius 3 is 2.38 bits per heavy atom. The smallest absolute Gasteiger partial charge is 0.228 e. The zero-order valence-corrected chi connectivity index (χ0v) is 12.7. The quantitative estimate of drug-likeness (QED) is 0.840. The normalized spacial score (nSPS) is 20.9. The van der Waals surface area contributed by atoms with Gasteiger partial charge in [0.05, 0.1) is 22.5 Å². The number of carbonyl (C=O) groups is 2. The van der Waals surface area contributed by atoms with E-state index in [0.717, 1.165) is 0 Å². The highest BCUT2D eigenvalue weighted by atomic mass is 35.5. The lowest BCUT2D eigenvalue weighted by atomic mass is 9.81. The van der Waals surface area contributed by atoms with Crippen LogP contribution < -0.4 is 10.6 Å². The number of hydrogen-bond acceptors (Lipinski definition) is 2. The lowest BCUT2D eigenvalue weighted by Gasteiger charge is -2.26. The molecular weight excluding hydrogens is 288 g/mol. The van der Waals surface area contributed by atoms with E-state index in [4.69, 9.17) is 11.6 Å². The van der Waals surface area contributed by atoms with Crippen LogP contribution in [0.15, 0.2) is 36.4 Å². The molecule has 2 rings (SSSR count). The van der Waals surface area contributed by atoms with Gasteiger partial charge in [0.2, 0.25) is 11.8 Å². The molecule has 0 spiro atoms. The van der Waals surface area contributed by atoms with E-state index in [-0.39, 0.29) is 23.7 Å². The van der Waals surface area contributed by atoms with Crippen molar-refractivity contribution >= 4 is 29.1 Å². The van der Waals surface area contributed by atoms with E-state index in [1.54, 1.807) is 18.2 Å². The molecule has 0 fully saturated rings. The van der Waals surface area contributed by atoms with Crippen LogP contribution in [0.25, 0.3) is 0 Å². The lowest BCUT2D eigenvalue weighted by molar-refractivity contribution is -0.132. The van der Waals surface area contributed by atoms with Crippen molar-refractivity contribution in [1.29, 1.82) is 0 Å². The van der Waals surface area contributed by atoms with E-state index < -0.39 is 0 Å². The van der Waals surface area contributed by atoms with E-state index in [9.17, 15) is 9.59 Å². The first-order valence-corrected chi connectivity index (χ1v) is 7.49. The molecule has 0 aromatic heterocycles. The van der Waals surface area contributed by atoms with Crippen molar-refractivity contribution < 1.29 is 9.59 Å². The largest absolute Gasteiger partial charge is 0.356 e. The molecule has 5 heteroatoms. The summed E-state index contributed by atoms with van der Waals surface area (Å²) in [6.07, 6.45) is 5.07. The first-order valence-electron chi connectivity index (χ1n) is 7.11. The van der Waals surface area contributed by atoms with Crippen LogP contribution in [0.2, 0.25) is 5.02 Å². The first-order chi connectivity index (χ1) is 10.1. The van der Waals surface area contributed by atoms with Crippen LogP contribution in [-0.2, 0) is 9.59 Å². The third kappa shape index (κ3) is 3.85. The molecular formula is C16H19ClN2O2. The van der Waals surface area contributed by atoms with Crippen molar-refractivity contribution in [2.24, 2.45) is 11.8 Å². The number of allylic oxidation sites excluding steroid dienone is 2. The Bertz CT molecular complexity index is 557. The van der Waals surface area contributed by atoms with Gasteiger partial charge in [0, 0.05) is 6.54 Å². The summed E-state index contributed by atoms with van der Waals surface area (Å²) < 4.78 is 0. The van der Waals surface area contributed by atoms with Gasteiger partial charge in [-0.15, -0.1) is 0 Å². The van der Waals surface area contributed by atoms with Crippen LogP contribution in [0.5, 0.6) is 0 Å². The minimum Gasteiger partial charge on any atom is -0.356 e. The fourth-order valence-electron chi connectivity index (χ4n) is 2.49. The number of anilines is 1. The van der Waals surface area contributed by atoms with Crippen LogP contribution in [0, 0.1) is 11.8 Å². The molecule has 0 aliphatic heterocycles. The summed E-state index contributed by atoms with van der Waals surface area (Å²) in [7, 11) is 0. The number of benzene rings is 1. The summed E-state index contributed by atoms with van der Waals surface area (Å²) in [5.41, 5.74) is 0.577. The molecule has 0 saturated heterocycles. The van der Waals surface area contributed by atoms with Gasteiger partial charge in [0.1, 0.15) is 0 Å². The predicted octanol–water partition coefficient (Wildman–Crippen LogP) is 3.00. The number of halogens is 1. The van der Waals surface area contributed by atoms with Gasteiger partial charge in [0.25, 0.3) is 0 Å². The summed E-state index contributed by atoms with van der Waals surface area (Å²) in [5.74, 6) is -0.917. The van der Waals surface area contributed by atoms with Crippen molar-refractivity contribution in [3.63, 3.8) is 0 Å². The lowest BCUT2D eigenvalue weighted by Crippen LogP contribution is -2.40. The number of hydrogen-bond donors (Lipinski definition) is 2. The van der Waals surface area contributed by atoms with E-state index in [2.05, 4.69) is 10.6 Å². The van der Waals surface area contributed by atoms with Gasteiger partial charge in [-0.1, -0.05) is 35.9 Å². The Morgan fingerprint density at radius 1 is 1.14 bits per heavy atom. The maximum atomic E-state index is 12.5. The molecule has 2 amide bonds. The summed E-state index contributed by atoms with van der Waals surface area (Å²) in [6.45, 7) is 2.44. The molecule has 112 valence electrons. The van der Waals surface area contributed by atoms with Crippen LogP contribution in [-0.4, -0.2) is 18.4 Å².